The minimum absolute atomic E-state index is 0.479. The molecule has 0 radical (unpaired) electrons. The Morgan fingerprint density at radius 3 is 0.950 bits per heavy atom. The highest BCUT2D eigenvalue weighted by Crippen LogP contribution is 2.40. The largest absolute Gasteiger partial charge is 0.297 e. The third-order valence-corrected chi connectivity index (χ3v) is 24.1. The van der Waals surface area contributed by atoms with Crippen LogP contribution >= 0.6 is 7.51 Å². The lowest BCUT2D eigenvalue weighted by Crippen LogP contribution is -2.51. The zero-order chi connectivity index (χ0) is 16.6. The van der Waals surface area contributed by atoms with Crippen LogP contribution in [0.15, 0.2) is 8.82 Å². The Balaban J connectivity index is 6.25. The second kappa shape index (κ2) is 6.48. The molecule has 0 rings (SSSR count). The molecule has 20 heavy (non-hydrogen) atoms. The molecule has 0 aliphatic carbocycles. The molecule has 0 bridgehead atoms. The molecule has 0 heterocycles. The van der Waals surface area contributed by atoms with Gasteiger partial charge in [-0.3, -0.25) is 8.82 Å². The number of hydrogen-bond acceptors (Lipinski definition) is 2. The lowest BCUT2D eigenvalue weighted by Gasteiger charge is -2.37. The van der Waals surface area contributed by atoms with Gasteiger partial charge in [-0.15, -0.1) is 0 Å². The van der Waals surface area contributed by atoms with Crippen LogP contribution < -0.4 is 0 Å². The molecule has 0 aliphatic rings. The molecule has 0 spiro atoms. The molecule has 0 aliphatic heterocycles. The van der Waals surface area contributed by atoms with Gasteiger partial charge in [-0.1, -0.05) is 39.3 Å². The summed E-state index contributed by atoms with van der Waals surface area (Å²) in [6, 6.07) is 0. The number of hydrogen-bond donors (Lipinski definition) is 0. The summed E-state index contributed by atoms with van der Waals surface area (Å²) < 4.78 is 10.7. The molecule has 0 aromatic rings. The standard InChI is InChI=1S/C13H37N2PSi4/c1-17(2,3)13(18(4,5)6)16(14-19(7,8)9)15-20(10,11)12/h13H,1-12H3. The zero-order valence-electron chi connectivity index (χ0n) is 15.9. The molecular formula is C13H37N2PSi4. The minimum Gasteiger partial charge on any atom is -0.297 e. The smallest absolute Gasteiger partial charge is 0.179 e. The molecule has 0 saturated heterocycles. The van der Waals surface area contributed by atoms with E-state index in [-0.39, 0.29) is 0 Å². The fraction of sp³-hybridized carbons (Fsp3) is 1.00. The molecule has 0 amide bonds. The van der Waals surface area contributed by atoms with E-state index < -0.39 is 40.1 Å². The van der Waals surface area contributed by atoms with Crippen molar-refractivity contribution in [2.45, 2.75) is 83.5 Å². The van der Waals surface area contributed by atoms with Crippen LogP contribution in [0.4, 0.5) is 0 Å². The first-order valence-corrected chi connectivity index (χ1v) is 23.0. The van der Waals surface area contributed by atoms with Gasteiger partial charge in [0.15, 0.2) is 16.5 Å². The van der Waals surface area contributed by atoms with Crippen molar-refractivity contribution in [2.24, 2.45) is 8.82 Å². The average Bonchev–Trinajstić information content (AvgIpc) is 1.87. The molecule has 0 aromatic carbocycles. The van der Waals surface area contributed by atoms with Crippen molar-refractivity contribution in [3.05, 3.63) is 0 Å². The van der Waals surface area contributed by atoms with Crippen LogP contribution in [0.25, 0.3) is 0 Å². The first-order valence-electron chi connectivity index (χ1n) is 7.68. The first-order chi connectivity index (χ1) is 8.43. The molecule has 0 saturated carbocycles. The summed E-state index contributed by atoms with van der Waals surface area (Å²) in [5, 5.41) is 0. The highest BCUT2D eigenvalue weighted by Gasteiger charge is 2.40. The summed E-state index contributed by atoms with van der Waals surface area (Å²) in [6.45, 7) is 29.4. The van der Waals surface area contributed by atoms with Crippen molar-refractivity contribution >= 4 is 40.1 Å². The van der Waals surface area contributed by atoms with E-state index in [4.69, 9.17) is 8.82 Å². The summed E-state index contributed by atoms with van der Waals surface area (Å²) >= 11 is 0. The molecule has 0 aromatic heterocycles. The predicted molar refractivity (Wildman–Crippen MR) is 109 cm³/mol. The monoisotopic (exact) mass is 364 g/mol. The van der Waals surface area contributed by atoms with Gasteiger partial charge < -0.3 is 0 Å². The Bertz CT molecular complexity index is 378. The Hall–Kier alpha value is 0.768. The van der Waals surface area contributed by atoms with E-state index in [1.807, 2.05) is 0 Å². The van der Waals surface area contributed by atoms with Crippen LogP contribution in [0.2, 0.25) is 78.6 Å². The summed E-state index contributed by atoms with van der Waals surface area (Å²) in [6.07, 6.45) is 0. The van der Waals surface area contributed by atoms with Crippen LogP contribution in [-0.4, -0.2) is 37.5 Å². The molecule has 120 valence electrons. The van der Waals surface area contributed by atoms with Gasteiger partial charge >= 0.3 is 0 Å². The van der Waals surface area contributed by atoms with Crippen molar-refractivity contribution in [3.63, 3.8) is 0 Å². The topological polar surface area (TPSA) is 24.7 Å². The van der Waals surface area contributed by atoms with Gasteiger partial charge in [-0.2, -0.15) is 0 Å². The molecule has 0 unspecified atom stereocenters. The lowest BCUT2D eigenvalue weighted by molar-refractivity contribution is 1.43. The van der Waals surface area contributed by atoms with Gasteiger partial charge in [0.05, 0.1) is 16.1 Å². The minimum atomic E-state index is -1.41. The summed E-state index contributed by atoms with van der Waals surface area (Å²) in [5.74, 6) is 0. The molecule has 0 fully saturated rings. The van der Waals surface area contributed by atoms with Gasteiger partial charge in [0.1, 0.15) is 0 Å². The van der Waals surface area contributed by atoms with Gasteiger partial charge in [-0.25, -0.2) is 0 Å². The van der Waals surface area contributed by atoms with Crippen molar-refractivity contribution in [3.8, 4) is 0 Å². The lowest BCUT2D eigenvalue weighted by atomic mass is 11.7. The third-order valence-electron chi connectivity index (χ3n) is 2.68. The Kier molecular flexibility index (Phi) is 6.73. The van der Waals surface area contributed by atoms with Gasteiger partial charge in [-0.05, 0) is 39.3 Å². The van der Waals surface area contributed by atoms with Crippen LogP contribution in [-0.2, 0) is 0 Å². The van der Waals surface area contributed by atoms with Crippen molar-refractivity contribution in [2.75, 3.05) is 0 Å². The van der Waals surface area contributed by atoms with E-state index in [9.17, 15) is 0 Å². The molecule has 0 atom stereocenters. The van der Waals surface area contributed by atoms with Gasteiger partial charge in [0.2, 0.25) is 0 Å². The fourth-order valence-electron chi connectivity index (χ4n) is 2.74. The van der Waals surface area contributed by atoms with E-state index in [0.717, 1.165) is 4.91 Å². The van der Waals surface area contributed by atoms with E-state index >= 15 is 0 Å². The quantitative estimate of drug-likeness (QED) is 0.386. The Morgan fingerprint density at radius 1 is 0.550 bits per heavy atom. The normalized spacial score (nSPS) is 16.1. The van der Waals surface area contributed by atoms with Gasteiger partial charge in [0, 0.05) is 12.4 Å². The van der Waals surface area contributed by atoms with Crippen molar-refractivity contribution in [1.82, 2.24) is 0 Å². The van der Waals surface area contributed by atoms with Crippen LogP contribution in [0.1, 0.15) is 0 Å². The SMILES string of the molecule is C[Si](C)(C)N=P(=N[Si](C)(C)C)C([Si](C)(C)C)[Si](C)(C)C. The van der Waals surface area contributed by atoms with Crippen LogP contribution in [0.3, 0.4) is 0 Å². The van der Waals surface area contributed by atoms with E-state index in [1.54, 1.807) is 0 Å². The average molecular weight is 365 g/mol. The highest BCUT2D eigenvalue weighted by atomic mass is 31.1. The predicted octanol–water partition coefficient (Wildman–Crippen LogP) is 6.63. The maximum absolute atomic E-state index is 5.37. The van der Waals surface area contributed by atoms with E-state index in [0.29, 0.717) is 0 Å². The summed E-state index contributed by atoms with van der Waals surface area (Å²) in [4.78, 5) is 0.823. The Morgan fingerprint density at radius 2 is 0.800 bits per heavy atom. The van der Waals surface area contributed by atoms with E-state index in [2.05, 4.69) is 78.6 Å². The molecule has 0 N–H and O–H groups in total. The fourth-order valence-corrected chi connectivity index (χ4v) is 27.2. The van der Waals surface area contributed by atoms with Crippen molar-refractivity contribution in [1.29, 1.82) is 0 Å². The maximum atomic E-state index is 5.37. The Labute approximate surface area is 132 Å². The first kappa shape index (κ1) is 20.8. The van der Waals surface area contributed by atoms with Crippen molar-refractivity contribution < 1.29 is 0 Å². The second-order valence-electron chi connectivity index (χ2n) is 10.00. The summed E-state index contributed by atoms with van der Waals surface area (Å²) in [7, 11) is -5.78. The second-order valence-corrected chi connectivity index (χ2v) is 33.6. The number of nitrogens with zero attached hydrogens (tertiary/aromatic N) is 2. The molecular weight excluding hydrogens is 327 g/mol. The zero-order valence-corrected chi connectivity index (χ0v) is 20.8. The van der Waals surface area contributed by atoms with Crippen LogP contribution in [0.5, 0.6) is 0 Å². The summed E-state index contributed by atoms with van der Waals surface area (Å²) in [5.41, 5.74) is 0. The maximum Gasteiger partial charge on any atom is 0.179 e. The van der Waals surface area contributed by atoms with Gasteiger partial charge in [0.25, 0.3) is 0 Å². The third kappa shape index (κ3) is 8.27. The highest BCUT2D eigenvalue weighted by molar-refractivity contribution is 7.50. The molecule has 2 nitrogen and oxygen atoms in total. The number of rotatable bonds is 5. The van der Waals surface area contributed by atoms with Crippen LogP contribution in [0, 0.1) is 0 Å². The van der Waals surface area contributed by atoms with E-state index in [1.165, 1.54) is 0 Å². The molecule has 7 heteroatoms.